The van der Waals surface area contributed by atoms with Crippen LogP contribution < -0.4 is 0 Å². The normalized spacial score (nSPS) is 12.7. The number of Topliss-reactive ketones (excluding diaryl/α,β-unsaturated/α-hetero) is 1. The minimum absolute atomic E-state index is 0.209. The van der Waals surface area contributed by atoms with Crippen LogP contribution in [0.15, 0.2) is 48.5 Å². The lowest BCUT2D eigenvalue weighted by atomic mass is 9.92. The van der Waals surface area contributed by atoms with Gasteiger partial charge in [-0.1, -0.05) is 48.5 Å². The number of benzene rings is 2. The number of ether oxygens (including phenoxy) is 1. The van der Waals surface area contributed by atoms with E-state index in [0.717, 1.165) is 22.3 Å². The Kier molecular flexibility index (Phi) is 3.11. The van der Waals surface area contributed by atoms with Crippen molar-refractivity contribution in [1.29, 1.82) is 0 Å². The number of fused-ring (bicyclic) bond motifs is 3. The molecular formula is C17H14O3. The average Bonchev–Trinajstić information content (AvgIpc) is 2.81. The summed E-state index contributed by atoms with van der Waals surface area (Å²) in [7, 11) is 0. The molecule has 20 heavy (non-hydrogen) atoms. The molecule has 0 fully saturated rings. The van der Waals surface area contributed by atoms with Gasteiger partial charge in [0.1, 0.15) is 0 Å². The lowest BCUT2D eigenvalue weighted by Crippen LogP contribution is -2.24. The molecule has 3 rings (SSSR count). The van der Waals surface area contributed by atoms with Crippen molar-refractivity contribution in [2.45, 2.75) is 12.8 Å². The van der Waals surface area contributed by atoms with Gasteiger partial charge in [0, 0.05) is 0 Å². The number of hydrogen-bond acceptors (Lipinski definition) is 3. The maximum absolute atomic E-state index is 12.4. The molecule has 0 saturated heterocycles. The van der Waals surface area contributed by atoms with Crippen molar-refractivity contribution in [2.75, 3.05) is 6.61 Å². The fraction of sp³-hybridized carbons (Fsp3) is 0.176. The lowest BCUT2D eigenvalue weighted by molar-refractivity contribution is -0.153. The van der Waals surface area contributed by atoms with Crippen LogP contribution in [0.4, 0.5) is 0 Å². The van der Waals surface area contributed by atoms with Crippen LogP contribution in [0.1, 0.15) is 24.0 Å². The largest absolute Gasteiger partial charge is 0.460 e. The number of carbonyl (C=O) groups is 2. The van der Waals surface area contributed by atoms with Crippen LogP contribution in [-0.4, -0.2) is 18.4 Å². The first-order valence-corrected chi connectivity index (χ1v) is 6.63. The van der Waals surface area contributed by atoms with Crippen LogP contribution in [0.3, 0.4) is 0 Å². The number of rotatable bonds is 3. The maximum Gasteiger partial charge on any atom is 0.375 e. The van der Waals surface area contributed by atoms with Crippen LogP contribution in [0.25, 0.3) is 11.1 Å². The van der Waals surface area contributed by atoms with E-state index in [9.17, 15) is 9.59 Å². The first-order valence-electron chi connectivity index (χ1n) is 6.63. The topological polar surface area (TPSA) is 43.4 Å². The molecule has 3 heteroatoms. The van der Waals surface area contributed by atoms with E-state index in [1.54, 1.807) is 6.92 Å². The zero-order valence-electron chi connectivity index (χ0n) is 11.1. The van der Waals surface area contributed by atoms with Crippen molar-refractivity contribution in [3.8, 4) is 11.1 Å². The Morgan fingerprint density at radius 2 is 1.45 bits per heavy atom. The Labute approximate surface area is 117 Å². The van der Waals surface area contributed by atoms with Gasteiger partial charge >= 0.3 is 5.97 Å². The fourth-order valence-corrected chi connectivity index (χ4v) is 2.76. The van der Waals surface area contributed by atoms with E-state index in [0.29, 0.717) is 0 Å². The molecule has 1 aliphatic carbocycles. The van der Waals surface area contributed by atoms with E-state index >= 15 is 0 Å². The second-order valence-electron chi connectivity index (χ2n) is 4.69. The smallest absolute Gasteiger partial charge is 0.375 e. The third-order valence-electron chi connectivity index (χ3n) is 3.57. The van der Waals surface area contributed by atoms with Crippen LogP contribution in [0.2, 0.25) is 0 Å². The Morgan fingerprint density at radius 3 is 1.95 bits per heavy atom. The lowest BCUT2D eigenvalue weighted by Gasteiger charge is -2.11. The summed E-state index contributed by atoms with van der Waals surface area (Å²) in [6.07, 6.45) is 0. The molecule has 2 aromatic rings. The van der Waals surface area contributed by atoms with Gasteiger partial charge in [0.15, 0.2) is 0 Å². The van der Waals surface area contributed by atoms with Crippen molar-refractivity contribution in [3.63, 3.8) is 0 Å². The van der Waals surface area contributed by atoms with Gasteiger partial charge in [-0.25, -0.2) is 4.79 Å². The van der Waals surface area contributed by atoms with Gasteiger partial charge in [0.25, 0.3) is 5.78 Å². The zero-order valence-corrected chi connectivity index (χ0v) is 11.1. The molecule has 2 aromatic carbocycles. The Hall–Kier alpha value is -2.42. The summed E-state index contributed by atoms with van der Waals surface area (Å²) in [4.78, 5) is 24.2. The SMILES string of the molecule is CCOC(=O)C(=O)C1c2ccccc2-c2ccccc21. The highest BCUT2D eigenvalue weighted by Gasteiger charge is 2.37. The summed E-state index contributed by atoms with van der Waals surface area (Å²) in [6.45, 7) is 1.91. The third kappa shape index (κ3) is 1.83. The number of carbonyl (C=O) groups excluding carboxylic acids is 2. The predicted octanol–water partition coefficient (Wildman–Crippen LogP) is 2.93. The molecule has 0 aliphatic heterocycles. The summed E-state index contributed by atoms with van der Waals surface area (Å²) < 4.78 is 4.86. The quantitative estimate of drug-likeness (QED) is 0.633. The standard InChI is InChI=1S/C17H14O3/c1-2-20-17(19)16(18)15-13-9-5-3-7-11(13)12-8-4-6-10-14(12)15/h3-10,15H,2H2,1H3. The van der Waals surface area contributed by atoms with Gasteiger partial charge in [-0.2, -0.15) is 0 Å². The van der Waals surface area contributed by atoms with Gasteiger partial charge in [-0.15, -0.1) is 0 Å². The Bertz CT molecular complexity index is 643. The number of esters is 1. The number of ketones is 1. The van der Waals surface area contributed by atoms with Crippen molar-refractivity contribution < 1.29 is 14.3 Å². The van der Waals surface area contributed by atoms with Crippen molar-refractivity contribution in [3.05, 3.63) is 59.7 Å². The minimum atomic E-state index is -0.760. The van der Waals surface area contributed by atoms with E-state index in [1.165, 1.54) is 0 Å². The molecule has 0 atom stereocenters. The highest BCUT2D eigenvalue weighted by Crippen LogP contribution is 2.44. The van der Waals surface area contributed by atoms with Crippen molar-refractivity contribution in [2.24, 2.45) is 0 Å². The van der Waals surface area contributed by atoms with E-state index < -0.39 is 17.7 Å². The molecule has 3 nitrogen and oxygen atoms in total. The summed E-state index contributed by atoms with van der Waals surface area (Å²) in [6, 6.07) is 15.4. The molecule has 0 saturated carbocycles. The molecule has 0 N–H and O–H groups in total. The monoisotopic (exact) mass is 266 g/mol. The van der Waals surface area contributed by atoms with E-state index in [4.69, 9.17) is 4.74 Å². The van der Waals surface area contributed by atoms with Gasteiger partial charge < -0.3 is 4.74 Å². The molecule has 0 radical (unpaired) electrons. The van der Waals surface area contributed by atoms with Crippen LogP contribution in [0.5, 0.6) is 0 Å². The summed E-state index contributed by atoms with van der Waals surface area (Å²) in [5.41, 5.74) is 3.80. The zero-order chi connectivity index (χ0) is 14.1. The molecular weight excluding hydrogens is 252 g/mol. The van der Waals surface area contributed by atoms with Crippen molar-refractivity contribution in [1.82, 2.24) is 0 Å². The minimum Gasteiger partial charge on any atom is -0.460 e. The highest BCUT2D eigenvalue weighted by molar-refractivity contribution is 6.37. The summed E-state index contributed by atoms with van der Waals surface area (Å²) in [5.74, 6) is -1.80. The molecule has 1 aliphatic rings. The highest BCUT2D eigenvalue weighted by atomic mass is 16.5. The van der Waals surface area contributed by atoms with Gasteiger partial charge in [-0.3, -0.25) is 4.79 Å². The van der Waals surface area contributed by atoms with Crippen LogP contribution in [0, 0.1) is 0 Å². The third-order valence-corrected chi connectivity index (χ3v) is 3.57. The molecule has 0 bridgehead atoms. The molecule has 0 amide bonds. The van der Waals surface area contributed by atoms with E-state index in [1.807, 2.05) is 48.5 Å². The van der Waals surface area contributed by atoms with Crippen LogP contribution in [-0.2, 0) is 14.3 Å². The molecule has 0 unspecified atom stereocenters. The molecule has 0 aromatic heterocycles. The van der Waals surface area contributed by atoms with E-state index in [-0.39, 0.29) is 6.61 Å². The van der Waals surface area contributed by atoms with Gasteiger partial charge in [0.2, 0.25) is 0 Å². The average molecular weight is 266 g/mol. The Balaban J connectivity index is 2.12. The first-order chi connectivity index (χ1) is 9.74. The number of hydrogen-bond donors (Lipinski definition) is 0. The second-order valence-corrected chi connectivity index (χ2v) is 4.69. The maximum atomic E-state index is 12.4. The van der Waals surface area contributed by atoms with Gasteiger partial charge in [0.05, 0.1) is 12.5 Å². The van der Waals surface area contributed by atoms with E-state index in [2.05, 4.69) is 0 Å². The molecule has 100 valence electrons. The first kappa shape index (κ1) is 12.6. The predicted molar refractivity (Wildman–Crippen MR) is 75.4 cm³/mol. The molecule has 0 heterocycles. The molecule has 0 spiro atoms. The van der Waals surface area contributed by atoms with Crippen LogP contribution >= 0.6 is 0 Å². The Morgan fingerprint density at radius 1 is 0.950 bits per heavy atom. The van der Waals surface area contributed by atoms with Gasteiger partial charge in [-0.05, 0) is 29.2 Å². The fourth-order valence-electron chi connectivity index (χ4n) is 2.76. The summed E-state index contributed by atoms with van der Waals surface area (Å²) >= 11 is 0. The second kappa shape index (κ2) is 4.93. The van der Waals surface area contributed by atoms with Crippen molar-refractivity contribution >= 4 is 11.8 Å². The summed E-state index contributed by atoms with van der Waals surface area (Å²) in [5, 5.41) is 0.